The molecule has 0 aliphatic heterocycles. The van der Waals surface area contributed by atoms with E-state index in [1.54, 1.807) is 12.1 Å². The first-order valence-corrected chi connectivity index (χ1v) is 6.64. The molecule has 104 valence electrons. The predicted molar refractivity (Wildman–Crippen MR) is 83.8 cm³/mol. The molecule has 0 aliphatic rings. The molecule has 0 atom stereocenters. The van der Waals surface area contributed by atoms with E-state index in [2.05, 4.69) is 0 Å². The van der Waals surface area contributed by atoms with Gasteiger partial charge in [-0.3, -0.25) is 0 Å². The lowest BCUT2D eigenvalue weighted by Gasteiger charge is -2.20. The van der Waals surface area contributed by atoms with Crippen LogP contribution in [0.1, 0.15) is 19.6 Å². The average Bonchev–Trinajstić information content (AvgIpc) is 2.42. The van der Waals surface area contributed by atoms with E-state index in [9.17, 15) is 4.79 Å². The SMILES string of the molecule is CC(C)=Cc1cc(N(C)c2ccccc2)c(Cl)c(=O)o1. The molecule has 1 heterocycles. The lowest BCUT2D eigenvalue weighted by molar-refractivity contribution is 0.501. The molecule has 0 bridgehead atoms. The molecule has 2 rings (SSSR count). The Balaban J connectivity index is 2.53. The maximum Gasteiger partial charge on any atom is 0.357 e. The summed E-state index contributed by atoms with van der Waals surface area (Å²) in [5.74, 6) is 0.497. The maximum atomic E-state index is 11.8. The molecule has 0 unspecified atom stereocenters. The van der Waals surface area contributed by atoms with Gasteiger partial charge in [0.05, 0.1) is 5.69 Å². The first-order chi connectivity index (χ1) is 9.49. The number of para-hydroxylation sites is 1. The number of nitrogens with zero attached hydrogens (tertiary/aromatic N) is 1. The number of anilines is 2. The zero-order chi connectivity index (χ0) is 14.7. The first-order valence-electron chi connectivity index (χ1n) is 6.26. The van der Waals surface area contributed by atoms with Crippen LogP contribution in [0.3, 0.4) is 0 Å². The van der Waals surface area contributed by atoms with Crippen LogP contribution in [0.15, 0.2) is 51.2 Å². The summed E-state index contributed by atoms with van der Waals surface area (Å²) < 4.78 is 5.15. The molecule has 0 aliphatic carbocycles. The van der Waals surface area contributed by atoms with Gasteiger partial charge < -0.3 is 9.32 Å². The van der Waals surface area contributed by atoms with E-state index in [0.717, 1.165) is 11.3 Å². The van der Waals surface area contributed by atoms with E-state index in [1.165, 1.54) is 0 Å². The highest BCUT2D eigenvalue weighted by Gasteiger charge is 2.13. The predicted octanol–water partition coefficient (Wildman–Crippen LogP) is 4.48. The number of halogens is 1. The molecule has 20 heavy (non-hydrogen) atoms. The van der Waals surface area contributed by atoms with Crippen molar-refractivity contribution in [2.24, 2.45) is 0 Å². The normalized spacial score (nSPS) is 10.2. The first kappa shape index (κ1) is 14.4. The Kier molecular flexibility index (Phi) is 4.30. The molecule has 0 radical (unpaired) electrons. The smallest absolute Gasteiger partial charge is 0.357 e. The van der Waals surface area contributed by atoms with Crippen molar-refractivity contribution < 1.29 is 4.42 Å². The summed E-state index contributed by atoms with van der Waals surface area (Å²) in [5.41, 5.74) is 2.09. The van der Waals surface area contributed by atoms with Crippen LogP contribution < -0.4 is 10.5 Å². The van der Waals surface area contributed by atoms with Crippen molar-refractivity contribution in [1.29, 1.82) is 0 Å². The van der Waals surface area contributed by atoms with Gasteiger partial charge in [-0.2, -0.15) is 0 Å². The van der Waals surface area contributed by atoms with Gasteiger partial charge in [-0.15, -0.1) is 0 Å². The Morgan fingerprint density at radius 3 is 2.50 bits per heavy atom. The maximum absolute atomic E-state index is 11.8. The zero-order valence-corrected chi connectivity index (χ0v) is 12.4. The van der Waals surface area contributed by atoms with Crippen molar-refractivity contribution in [2.75, 3.05) is 11.9 Å². The Morgan fingerprint density at radius 2 is 1.90 bits per heavy atom. The minimum absolute atomic E-state index is 0.0854. The van der Waals surface area contributed by atoms with Crippen LogP contribution in [0.5, 0.6) is 0 Å². The zero-order valence-electron chi connectivity index (χ0n) is 11.7. The summed E-state index contributed by atoms with van der Waals surface area (Å²) >= 11 is 6.08. The van der Waals surface area contributed by atoms with Crippen molar-refractivity contribution in [3.05, 3.63) is 63.2 Å². The van der Waals surface area contributed by atoms with E-state index < -0.39 is 5.63 Å². The molecule has 0 saturated heterocycles. The van der Waals surface area contributed by atoms with Crippen LogP contribution in [0.2, 0.25) is 5.02 Å². The second-order valence-corrected chi connectivity index (χ2v) is 5.13. The molecule has 0 saturated carbocycles. The summed E-state index contributed by atoms with van der Waals surface area (Å²) in [5, 5.41) is 0.0854. The molecule has 0 amide bonds. The van der Waals surface area contributed by atoms with Crippen molar-refractivity contribution in [1.82, 2.24) is 0 Å². The number of rotatable bonds is 3. The third-order valence-electron chi connectivity index (χ3n) is 2.83. The fourth-order valence-electron chi connectivity index (χ4n) is 1.87. The molecule has 0 N–H and O–H groups in total. The molecular formula is C16H16ClNO2. The number of allylic oxidation sites excluding steroid dienone is 1. The lowest BCUT2D eigenvalue weighted by atomic mass is 10.2. The van der Waals surface area contributed by atoms with Crippen LogP contribution in [0, 0.1) is 0 Å². The molecular weight excluding hydrogens is 274 g/mol. The van der Waals surface area contributed by atoms with Crippen molar-refractivity contribution in [3.8, 4) is 0 Å². The Morgan fingerprint density at radius 1 is 1.25 bits per heavy atom. The highest BCUT2D eigenvalue weighted by molar-refractivity contribution is 6.33. The van der Waals surface area contributed by atoms with Gasteiger partial charge in [0, 0.05) is 18.8 Å². The van der Waals surface area contributed by atoms with Crippen LogP contribution in [0.25, 0.3) is 6.08 Å². The van der Waals surface area contributed by atoms with E-state index in [4.69, 9.17) is 16.0 Å². The molecule has 3 nitrogen and oxygen atoms in total. The largest absolute Gasteiger partial charge is 0.422 e. The van der Waals surface area contributed by atoms with Crippen LogP contribution in [0.4, 0.5) is 11.4 Å². The van der Waals surface area contributed by atoms with Gasteiger partial charge >= 0.3 is 5.63 Å². The summed E-state index contributed by atoms with van der Waals surface area (Å²) in [6.45, 7) is 3.88. The van der Waals surface area contributed by atoms with E-state index in [-0.39, 0.29) is 5.02 Å². The van der Waals surface area contributed by atoms with E-state index >= 15 is 0 Å². The molecule has 1 aromatic heterocycles. The number of hydrogen-bond donors (Lipinski definition) is 0. The van der Waals surface area contributed by atoms with Crippen LogP contribution in [-0.2, 0) is 0 Å². The fraction of sp³-hybridized carbons (Fsp3) is 0.188. The lowest BCUT2D eigenvalue weighted by Crippen LogP contribution is -2.14. The molecule has 0 fully saturated rings. The summed E-state index contributed by atoms with van der Waals surface area (Å²) in [6, 6.07) is 11.5. The van der Waals surface area contributed by atoms with Crippen LogP contribution >= 0.6 is 11.6 Å². The third kappa shape index (κ3) is 3.11. The minimum Gasteiger partial charge on any atom is -0.422 e. The van der Waals surface area contributed by atoms with E-state index in [0.29, 0.717) is 11.4 Å². The number of benzene rings is 1. The summed E-state index contributed by atoms with van der Waals surface area (Å²) in [4.78, 5) is 13.7. The van der Waals surface area contributed by atoms with Crippen molar-refractivity contribution in [2.45, 2.75) is 13.8 Å². The van der Waals surface area contributed by atoms with Gasteiger partial charge in [0.2, 0.25) is 0 Å². The van der Waals surface area contributed by atoms with Gasteiger partial charge in [-0.05, 0) is 32.1 Å². The van der Waals surface area contributed by atoms with Crippen molar-refractivity contribution >= 4 is 29.1 Å². The number of hydrogen-bond acceptors (Lipinski definition) is 3. The Labute approximate surface area is 123 Å². The van der Waals surface area contributed by atoms with E-state index in [1.807, 2.05) is 56.1 Å². The summed E-state index contributed by atoms with van der Waals surface area (Å²) in [7, 11) is 1.86. The van der Waals surface area contributed by atoms with Gasteiger partial charge in [0.1, 0.15) is 10.8 Å². The third-order valence-corrected chi connectivity index (χ3v) is 3.18. The molecule has 4 heteroatoms. The van der Waals surface area contributed by atoms with Gasteiger partial charge in [-0.1, -0.05) is 35.4 Å². The standard InChI is InChI=1S/C16H16ClNO2/c1-11(2)9-13-10-14(15(17)16(19)20-13)18(3)12-7-5-4-6-8-12/h4-10H,1-3H3. The quantitative estimate of drug-likeness (QED) is 0.835. The highest BCUT2D eigenvalue weighted by atomic mass is 35.5. The highest BCUT2D eigenvalue weighted by Crippen LogP contribution is 2.29. The van der Waals surface area contributed by atoms with Crippen LogP contribution in [-0.4, -0.2) is 7.05 Å². The average molecular weight is 290 g/mol. The summed E-state index contributed by atoms with van der Waals surface area (Å²) in [6.07, 6.45) is 1.81. The Hall–Kier alpha value is -2.00. The van der Waals surface area contributed by atoms with Gasteiger partial charge in [-0.25, -0.2) is 4.79 Å². The molecule has 2 aromatic rings. The minimum atomic E-state index is -0.528. The van der Waals surface area contributed by atoms with Crippen molar-refractivity contribution in [3.63, 3.8) is 0 Å². The second kappa shape index (κ2) is 5.97. The van der Waals surface area contributed by atoms with Gasteiger partial charge in [0.25, 0.3) is 0 Å². The molecule has 1 aromatic carbocycles. The fourth-order valence-corrected chi connectivity index (χ4v) is 2.09. The molecule has 0 spiro atoms. The second-order valence-electron chi connectivity index (χ2n) is 4.75. The van der Waals surface area contributed by atoms with Gasteiger partial charge in [0.15, 0.2) is 0 Å². The topological polar surface area (TPSA) is 33.5 Å². The Bertz CT molecular complexity index is 685. The monoisotopic (exact) mass is 289 g/mol.